The first-order chi connectivity index (χ1) is 7.61. The molecule has 1 aliphatic rings. The number of hydrogen-bond donors (Lipinski definition) is 1. The second-order valence-corrected chi connectivity index (χ2v) is 4.64. The van der Waals surface area contributed by atoms with Crippen molar-refractivity contribution in [1.82, 2.24) is 5.32 Å². The highest BCUT2D eigenvalue weighted by atomic mass is 16.5. The average molecular weight is 219 g/mol. The predicted octanol–water partition coefficient (Wildman–Crippen LogP) is 1.91. The van der Waals surface area contributed by atoms with Crippen molar-refractivity contribution >= 4 is 5.91 Å². The zero-order valence-corrected chi connectivity index (χ0v) is 9.75. The van der Waals surface area contributed by atoms with E-state index in [1.165, 1.54) is 5.56 Å². The highest BCUT2D eigenvalue weighted by Gasteiger charge is 2.32. The van der Waals surface area contributed by atoms with Crippen molar-refractivity contribution in [2.45, 2.75) is 31.7 Å². The maximum absolute atomic E-state index is 11.2. The molecule has 0 aliphatic carbocycles. The molecule has 0 radical (unpaired) electrons. The standard InChI is InChI=1S/C13H17NO2/c1-13(7-6-12(15)14-13)9-10-4-3-5-11(8-10)16-2/h3-5,8H,6-7,9H2,1-2H3,(H,14,15). The molecule has 1 aromatic carbocycles. The van der Waals surface area contributed by atoms with Crippen molar-refractivity contribution in [2.24, 2.45) is 0 Å². The fourth-order valence-corrected chi connectivity index (χ4v) is 2.22. The molecule has 1 aliphatic heterocycles. The summed E-state index contributed by atoms with van der Waals surface area (Å²) in [6, 6.07) is 8.00. The number of nitrogens with one attached hydrogen (secondary N) is 1. The van der Waals surface area contributed by atoms with Crippen LogP contribution in [0.25, 0.3) is 0 Å². The summed E-state index contributed by atoms with van der Waals surface area (Å²) >= 11 is 0. The molecule has 16 heavy (non-hydrogen) atoms. The normalized spacial score (nSPS) is 24.2. The van der Waals surface area contributed by atoms with E-state index in [1.807, 2.05) is 18.2 Å². The summed E-state index contributed by atoms with van der Waals surface area (Å²) in [5, 5.41) is 3.04. The fourth-order valence-electron chi connectivity index (χ4n) is 2.22. The van der Waals surface area contributed by atoms with Crippen molar-refractivity contribution in [3.8, 4) is 5.75 Å². The Morgan fingerprint density at radius 1 is 1.50 bits per heavy atom. The van der Waals surface area contributed by atoms with E-state index in [9.17, 15) is 4.79 Å². The molecule has 1 heterocycles. The van der Waals surface area contributed by atoms with Crippen LogP contribution in [0.15, 0.2) is 24.3 Å². The van der Waals surface area contributed by atoms with Crippen LogP contribution in [0.1, 0.15) is 25.3 Å². The Hall–Kier alpha value is -1.51. The molecule has 1 aromatic rings. The Morgan fingerprint density at radius 3 is 2.94 bits per heavy atom. The Balaban J connectivity index is 2.11. The molecule has 1 saturated heterocycles. The van der Waals surface area contributed by atoms with Gasteiger partial charge in [-0.3, -0.25) is 4.79 Å². The first kappa shape index (κ1) is 11.0. The van der Waals surface area contributed by atoms with Crippen LogP contribution in [0, 0.1) is 0 Å². The summed E-state index contributed by atoms with van der Waals surface area (Å²) in [6.07, 6.45) is 2.40. The Morgan fingerprint density at radius 2 is 2.31 bits per heavy atom. The highest BCUT2D eigenvalue weighted by Crippen LogP contribution is 2.25. The summed E-state index contributed by atoms with van der Waals surface area (Å²) < 4.78 is 5.19. The van der Waals surface area contributed by atoms with Gasteiger partial charge in [0.05, 0.1) is 7.11 Å². The van der Waals surface area contributed by atoms with E-state index in [1.54, 1.807) is 7.11 Å². The number of carbonyl (C=O) groups is 1. The third-order valence-electron chi connectivity index (χ3n) is 3.07. The molecule has 3 nitrogen and oxygen atoms in total. The summed E-state index contributed by atoms with van der Waals surface area (Å²) in [4.78, 5) is 11.2. The zero-order valence-electron chi connectivity index (χ0n) is 9.75. The van der Waals surface area contributed by atoms with Gasteiger partial charge in [0.15, 0.2) is 0 Å². The van der Waals surface area contributed by atoms with Gasteiger partial charge in [-0.25, -0.2) is 0 Å². The molecule has 0 saturated carbocycles. The number of ether oxygens (including phenoxy) is 1. The Labute approximate surface area is 95.8 Å². The number of hydrogen-bond acceptors (Lipinski definition) is 2. The van der Waals surface area contributed by atoms with Crippen LogP contribution in [-0.2, 0) is 11.2 Å². The van der Waals surface area contributed by atoms with Gasteiger partial charge in [0, 0.05) is 12.0 Å². The lowest BCUT2D eigenvalue weighted by molar-refractivity contribution is -0.119. The quantitative estimate of drug-likeness (QED) is 0.843. The topological polar surface area (TPSA) is 38.3 Å². The molecule has 3 heteroatoms. The number of benzene rings is 1. The number of amides is 1. The van der Waals surface area contributed by atoms with Gasteiger partial charge in [-0.05, 0) is 37.5 Å². The maximum atomic E-state index is 11.2. The summed E-state index contributed by atoms with van der Waals surface area (Å²) in [6.45, 7) is 2.09. The lowest BCUT2D eigenvalue weighted by Crippen LogP contribution is -2.40. The van der Waals surface area contributed by atoms with E-state index < -0.39 is 0 Å². The second-order valence-electron chi connectivity index (χ2n) is 4.64. The number of methoxy groups -OCH3 is 1. The Bertz CT molecular complexity index is 403. The van der Waals surface area contributed by atoms with Gasteiger partial charge in [-0.15, -0.1) is 0 Å². The van der Waals surface area contributed by atoms with Crippen molar-refractivity contribution in [3.63, 3.8) is 0 Å². The third kappa shape index (κ3) is 2.35. The Kier molecular flexibility index (Phi) is 2.86. The molecule has 0 aromatic heterocycles. The predicted molar refractivity (Wildman–Crippen MR) is 62.5 cm³/mol. The summed E-state index contributed by atoms with van der Waals surface area (Å²) in [5.74, 6) is 1.02. The average Bonchev–Trinajstić information content (AvgIpc) is 2.58. The monoisotopic (exact) mass is 219 g/mol. The van der Waals surface area contributed by atoms with Crippen molar-refractivity contribution in [1.29, 1.82) is 0 Å². The van der Waals surface area contributed by atoms with Gasteiger partial charge >= 0.3 is 0 Å². The highest BCUT2D eigenvalue weighted by molar-refractivity contribution is 5.79. The van der Waals surface area contributed by atoms with E-state index in [0.717, 1.165) is 18.6 Å². The van der Waals surface area contributed by atoms with Crippen LogP contribution >= 0.6 is 0 Å². The largest absolute Gasteiger partial charge is 0.497 e. The van der Waals surface area contributed by atoms with Gasteiger partial charge < -0.3 is 10.1 Å². The minimum Gasteiger partial charge on any atom is -0.497 e. The zero-order chi connectivity index (χ0) is 11.6. The molecule has 1 unspecified atom stereocenters. The molecule has 2 rings (SSSR count). The van der Waals surface area contributed by atoms with Gasteiger partial charge in [-0.1, -0.05) is 12.1 Å². The molecular weight excluding hydrogens is 202 g/mol. The van der Waals surface area contributed by atoms with Gasteiger partial charge in [0.25, 0.3) is 0 Å². The fraction of sp³-hybridized carbons (Fsp3) is 0.462. The molecule has 1 atom stereocenters. The van der Waals surface area contributed by atoms with Gasteiger partial charge in [0.2, 0.25) is 5.91 Å². The molecule has 0 spiro atoms. The van der Waals surface area contributed by atoms with E-state index in [2.05, 4.69) is 18.3 Å². The van der Waals surface area contributed by atoms with E-state index >= 15 is 0 Å². The molecule has 86 valence electrons. The number of rotatable bonds is 3. The van der Waals surface area contributed by atoms with Crippen LogP contribution < -0.4 is 10.1 Å². The first-order valence-corrected chi connectivity index (χ1v) is 5.55. The molecular formula is C13H17NO2. The van der Waals surface area contributed by atoms with Crippen molar-refractivity contribution < 1.29 is 9.53 Å². The minimum absolute atomic E-state index is 0.0938. The van der Waals surface area contributed by atoms with E-state index in [-0.39, 0.29) is 11.4 Å². The molecule has 0 bridgehead atoms. The maximum Gasteiger partial charge on any atom is 0.220 e. The summed E-state index contributed by atoms with van der Waals surface area (Å²) in [7, 11) is 1.66. The van der Waals surface area contributed by atoms with Crippen LogP contribution in [0.2, 0.25) is 0 Å². The van der Waals surface area contributed by atoms with E-state index in [4.69, 9.17) is 4.74 Å². The van der Waals surface area contributed by atoms with Gasteiger partial charge in [0.1, 0.15) is 5.75 Å². The molecule has 1 amide bonds. The lowest BCUT2D eigenvalue weighted by Gasteiger charge is -2.24. The second kappa shape index (κ2) is 4.16. The summed E-state index contributed by atoms with van der Waals surface area (Å²) in [5.41, 5.74) is 1.10. The third-order valence-corrected chi connectivity index (χ3v) is 3.07. The van der Waals surface area contributed by atoms with Crippen LogP contribution in [-0.4, -0.2) is 18.6 Å². The number of carbonyl (C=O) groups excluding carboxylic acids is 1. The molecule has 1 N–H and O–H groups in total. The minimum atomic E-state index is -0.0938. The SMILES string of the molecule is COc1cccc(CC2(C)CCC(=O)N2)c1. The van der Waals surface area contributed by atoms with E-state index in [0.29, 0.717) is 6.42 Å². The van der Waals surface area contributed by atoms with Crippen LogP contribution in [0.4, 0.5) is 0 Å². The van der Waals surface area contributed by atoms with Crippen molar-refractivity contribution in [3.05, 3.63) is 29.8 Å². The smallest absolute Gasteiger partial charge is 0.220 e. The van der Waals surface area contributed by atoms with Crippen LogP contribution in [0.3, 0.4) is 0 Å². The van der Waals surface area contributed by atoms with Crippen molar-refractivity contribution in [2.75, 3.05) is 7.11 Å². The molecule has 1 fully saturated rings. The first-order valence-electron chi connectivity index (χ1n) is 5.55. The lowest BCUT2D eigenvalue weighted by atomic mass is 9.91. The van der Waals surface area contributed by atoms with Crippen LogP contribution in [0.5, 0.6) is 5.75 Å². The van der Waals surface area contributed by atoms with Gasteiger partial charge in [-0.2, -0.15) is 0 Å².